The van der Waals surface area contributed by atoms with E-state index in [4.69, 9.17) is 19.2 Å². The Morgan fingerprint density at radius 3 is 2.54 bits per heavy atom. The van der Waals surface area contributed by atoms with Crippen molar-refractivity contribution in [3.05, 3.63) is 53.8 Å². The zero-order chi connectivity index (χ0) is 42.5. The van der Waals surface area contributed by atoms with E-state index in [2.05, 4.69) is 15.4 Å². The Bertz CT molecular complexity index is 2200. The summed E-state index contributed by atoms with van der Waals surface area (Å²) in [6.07, 6.45) is 8.17. The summed E-state index contributed by atoms with van der Waals surface area (Å²) in [4.78, 5) is 63.2. The van der Waals surface area contributed by atoms with Crippen molar-refractivity contribution < 1.29 is 46.2 Å². The number of carbonyl (C=O) groups excluding carboxylic acids is 4. The summed E-state index contributed by atoms with van der Waals surface area (Å²) in [5.41, 5.74) is -2.16. The number of sulfonamides is 1. The highest BCUT2D eigenvalue weighted by Crippen LogP contribution is 2.51. The van der Waals surface area contributed by atoms with Gasteiger partial charge < -0.3 is 29.7 Å². The first-order chi connectivity index (χ1) is 27.8. The molecule has 2 aromatic rings. The maximum absolute atomic E-state index is 17.0. The summed E-state index contributed by atoms with van der Waals surface area (Å²) < 4.78 is 62.5. The maximum Gasteiger partial charge on any atom is 0.407 e. The van der Waals surface area contributed by atoms with Crippen molar-refractivity contribution in [3.8, 4) is 11.5 Å². The van der Waals surface area contributed by atoms with Crippen molar-refractivity contribution >= 4 is 44.7 Å². The fourth-order valence-electron chi connectivity index (χ4n) is 8.46. The van der Waals surface area contributed by atoms with Gasteiger partial charge in [-0.25, -0.2) is 22.6 Å². The van der Waals surface area contributed by atoms with Gasteiger partial charge in [0.25, 0.3) is 5.91 Å². The zero-order valence-electron chi connectivity index (χ0n) is 34.7. The first-order valence-electron chi connectivity index (χ1n) is 20.7. The highest BCUT2D eigenvalue weighted by molar-refractivity contribution is 7.91. The molecular weight excluding hydrogens is 782 g/mol. The number of hydrogen-bond acceptors (Lipinski definition) is 10. The number of nitrogens with one attached hydrogen (secondary N) is 3. The second kappa shape index (κ2) is 15.7. The van der Waals surface area contributed by atoms with E-state index < -0.39 is 73.9 Å². The number of methoxy groups -OCH3 is 1. The highest BCUT2D eigenvalue weighted by atomic mass is 32.2. The van der Waals surface area contributed by atoms with Crippen LogP contribution in [0.2, 0.25) is 0 Å². The van der Waals surface area contributed by atoms with Crippen molar-refractivity contribution in [1.82, 2.24) is 25.2 Å². The number of ether oxygens (including phenoxy) is 3. The maximum atomic E-state index is 17.0. The second-order valence-corrected chi connectivity index (χ2v) is 20.4. The Morgan fingerprint density at radius 2 is 1.88 bits per heavy atom. The number of amides is 4. The van der Waals surface area contributed by atoms with Gasteiger partial charge in [-0.05, 0) is 69.1 Å². The Balaban J connectivity index is 1.27. The zero-order valence-corrected chi connectivity index (χ0v) is 35.5. The molecule has 16 heteroatoms. The second-order valence-electron chi connectivity index (χ2n) is 18.2. The number of rotatable bonds is 7. The normalized spacial score (nSPS) is 29.1. The van der Waals surface area contributed by atoms with Gasteiger partial charge in [-0.2, -0.15) is 0 Å². The van der Waals surface area contributed by atoms with Crippen molar-refractivity contribution in [3.63, 3.8) is 0 Å². The van der Waals surface area contributed by atoms with Crippen LogP contribution < -0.4 is 24.8 Å². The van der Waals surface area contributed by atoms with Crippen LogP contribution >= 0.6 is 0 Å². The Labute approximate surface area is 345 Å². The molecule has 1 spiro atoms. The SMILES string of the molecule is CCc1nc2ccc(OC)cc2c2c1OC1(CC2F)CC2C(=O)NC3(C(=O)NS(=O)(=O)C4(C)CC4)C=CC3C=CCCCCCC(NC(=O)OCC(C)(C)C)C(=O)N2C1. The molecule has 1 aromatic heterocycles. The molecule has 0 radical (unpaired) electrons. The van der Waals surface area contributed by atoms with E-state index in [0.29, 0.717) is 66.4 Å². The molecule has 320 valence electrons. The van der Waals surface area contributed by atoms with Crippen LogP contribution in [0, 0.1) is 11.3 Å². The fourth-order valence-corrected chi connectivity index (χ4v) is 9.75. The number of halogens is 1. The van der Waals surface area contributed by atoms with Crippen LogP contribution in [0.1, 0.15) is 110 Å². The van der Waals surface area contributed by atoms with E-state index in [9.17, 15) is 27.6 Å². The first-order valence-corrected chi connectivity index (χ1v) is 22.1. The van der Waals surface area contributed by atoms with Gasteiger partial charge >= 0.3 is 6.09 Å². The highest BCUT2D eigenvalue weighted by Gasteiger charge is 2.59. The summed E-state index contributed by atoms with van der Waals surface area (Å²) in [6, 6.07) is 2.81. The molecule has 6 atom stereocenters. The van der Waals surface area contributed by atoms with E-state index in [1.165, 1.54) is 18.1 Å². The standard InChI is InChI=1S/C43H56FN5O9S/c1-7-30-35-34(28-21-27(56-6)15-16-31(28)45-30)29(44)22-42(58-35)23-33-36(50)47-43(38(52)48-59(54,55)41(5)19-20-41)18-17-26(43)13-11-9-8-10-12-14-32(37(51)49(33)24-42)46-39(53)57-25-40(2,3)4/h11,13,15-18,21,26,29,32-33H,7-10,12,14,19-20,22-25H2,1-6H3,(H,46,53)(H,47,50)(H,48,52). The number of alkyl halides is 1. The first kappa shape index (κ1) is 42.4. The number of benzene rings is 1. The average molecular weight is 838 g/mol. The quantitative estimate of drug-likeness (QED) is 0.295. The van der Waals surface area contributed by atoms with Crippen molar-refractivity contribution in [2.75, 3.05) is 20.3 Å². The lowest BCUT2D eigenvalue weighted by Gasteiger charge is -2.42. The molecule has 2 aliphatic carbocycles. The molecule has 14 nitrogen and oxygen atoms in total. The molecule has 1 saturated carbocycles. The predicted molar refractivity (Wildman–Crippen MR) is 218 cm³/mol. The number of nitrogens with zero attached hydrogens (tertiary/aromatic N) is 2. The number of alkyl carbamates (subject to hydrolysis) is 1. The molecule has 4 heterocycles. The molecule has 59 heavy (non-hydrogen) atoms. The number of aromatic nitrogens is 1. The van der Waals surface area contributed by atoms with Gasteiger partial charge in [-0.15, -0.1) is 0 Å². The third-order valence-corrected chi connectivity index (χ3v) is 14.5. The molecule has 0 bridgehead atoms. The van der Waals surface area contributed by atoms with Crippen LogP contribution in [0.5, 0.6) is 11.5 Å². The van der Waals surface area contributed by atoms with Gasteiger partial charge in [0.1, 0.15) is 40.9 Å². The Kier molecular flexibility index (Phi) is 11.3. The molecule has 3 aliphatic heterocycles. The lowest BCUT2D eigenvalue weighted by Crippen LogP contribution is -2.67. The van der Waals surface area contributed by atoms with E-state index in [1.807, 2.05) is 33.8 Å². The van der Waals surface area contributed by atoms with Gasteiger partial charge in [0.05, 0.1) is 36.2 Å². The third kappa shape index (κ3) is 8.25. The monoisotopic (exact) mass is 837 g/mol. The van der Waals surface area contributed by atoms with Crippen LogP contribution in [-0.4, -0.2) is 90.3 Å². The van der Waals surface area contributed by atoms with Crippen LogP contribution in [0.4, 0.5) is 9.18 Å². The Morgan fingerprint density at radius 1 is 1.12 bits per heavy atom. The summed E-state index contributed by atoms with van der Waals surface area (Å²) in [5.74, 6) is -2.20. The van der Waals surface area contributed by atoms with Gasteiger partial charge in [0.15, 0.2) is 0 Å². The topological polar surface area (TPSA) is 182 Å². The van der Waals surface area contributed by atoms with Crippen LogP contribution in [-0.2, 0) is 35.6 Å². The minimum absolute atomic E-state index is 0.0944. The van der Waals surface area contributed by atoms with Crippen LogP contribution in [0.15, 0.2) is 42.5 Å². The molecule has 6 unspecified atom stereocenters. The van der Waals surface area contributed by atoms with E-state index in [1.54, 1.807) is 37.3 Å². The number of carbonyl (C=O) groups is 4. The molecule has 7 rings (SSSR count). The molecule has 4 amide bonds. The number of aryl methyl sites for hydroxylation is 1. The van der Waals surface area contributed by atoms with E-state index in [-0.39, 0.29) is 43.6 Å². The number of allylic oxidation sites excluding steroid dienone is 1. The lowest BCUT2D eigenvalue weighted by atomic mass is 9.73. The van der Waals surface area contributed by atoms with Gasteiger partial charge in [-0.1, -0.05) is 64.8 Å². The summed E-state index contributed by atoms with van der Waals surface area (Å²) in [7, 11) is -2.57. The number of pyridine rings is 1. The van der Waals surface area contributed by atoms with Gasteiger partial charge in [0.2, 0.25) is 21.8 Å². The van der Waals surface area contributed by atoms with Crippen molar-refractivity contribution in [1.29, 1.82) is 0 Å². The predicted octanol–water partition coefficient (Wildman–Crippen LogP) is 5.64. The summed E-state index contributed by atoms with van der Waals surface area (Å²) in [5, 5.41) is 6.13. The molecule has 3 N–H and O–H groups in total. The van der Waals surface area contributed by atoms with Crippen molar-refractivity contribution in [2.45, 2.75) is 133 Å². The molecular formula is C43H56FN5O9S. The van der Waals surface area contributed by atoms with Crippen molar-refractivity contribution in [2.24, 2.45) is 11.3 Å². The number of hydrogen-bond donors (Lipinski definition) is 3. The minimum Gasteiger partial charge on any atom is -0.497 e. The van der Waals surface area contributed by atoms with Gasteiger partial charge in [-0.3, -0.25) is 19.1 Å². The van der Waals surface area contributed by atoms with E-state index >= 15 is 4.39 Å². The summed E-state index contributed by atoms with van der Waals surface area (Å²) in [6.45, 7) is 9.05. The smallest absolute Gasteiger partial charge is 0.407 e. The third-order valence-electron chi connectivity index (χ3n) is 12.3. The number of fused-ring (bicyclic) bond motifs is 5. The fraction of sp³-hybridized carbons (Fsp3) is 0.605. The van der Waals surface area contributed by atoms with Gasteiger partial charge in [0, 0.05) is 29.7 Å². The van der Waals surface area contributed by atoms with E-state index in [0.717, 1.165) is 6.42 Å². The molecule has 1 aromatic carbocycles. The van der Waals surface area contributed by atoms with Crippen LogP contribution in [0.25, 0.3) is 10.9 Å². The van der Waals surface area contributed by atoms with Crippen LogP contribution in [0.3, 0.4) is 0 Å². The Hall–Kier alpha value is -4.73. The largest absolute Gasteiger partial charge is 0.497 e. The average Bonchev–Trinajstić information content (AvgIpc) is 3.84. The molecule has 2 fully saturated rings. The minimum atomic E-state index is -4.09. The summed E-state index contributed by atoms with van der Waals surface area (Å²) >= 11 is 0. The molecule has 5 aliphatic rings. The lowest BCUT2D eigenvalue weighted by molar-refractivity contribution is -0.142. The molecule has 1 saturated heterocycles.